The first-order chi connectivity index (χ1) is 8.67. The fraction of sp³-hybridized carbons (Fsp3) is 0.933. The van der Waals surface area contributed by atoms with E-state index in [2.05, 4.69) is 12.2 Å². The summed E-state index contributed by atoms with van der Waals surface area (Å²) in [6.07, 6.45) is 8.26. The van der Waals surface area contributed by atoms with Gasteiger partial charge < -0.3 is 11.1 Å². The number of nitrogens with one attached hydrogen (secondary N) is 1. The van der Waals surface area contributed by atoms with Crippen molar-refractivity contribution in [1.29, 1.82) is 0 Å². The van der Waals surface area contributed by atoms with Crippen molar-refractivity contribution in [2.24, 2.45) is 23.5 Å². The van der Waals surface area contributed by atoms with Crippen LogP contribution in [-0.4, -0.2) is 19.0 Å². The standard InChI is InChI=1S/C15H30N2O/c1-3-4-5-12(2)15(18)17-11-14-8-6-13(10-16)7-9-14/h12-14H,3-11,16H2,1-2H3,(H,17,18). The Hall–Kier alpha value is -0.570. The smallest absolute Gasteiger partial charge is 0.222 e. The summed E-state index contributed by atoms with van der Waals surface area (Å²) in [5.41, 5.74) is 5.69. The van der Waals surface area contributed by atoms with Crippen LogP contribution in [0.4, 0.5) is 0 Å². The monoisotopic (exact) mass is 254 g/mol. The largest absolute Gasteiger partial charge is 0.356 e. The molecule has 1 amide bonds. The van der Waals surface area contributed by atoms with Crippen LogP contribution < -0.4 is 11.1 Å². The molecule has 1 aliphatic rings. The fourth-order valence-corrected chi connectivity index (χ4v) is 2.73. The lowest BCUT2D eigenvalue weighted by molar-refractivity contribution is -0.124. The zero-order valence-electron chi connectivity index (χ0n) is 12.1. The lowest BCUT2D eigenvalue weighted by Crippen LogP contribution is -2.35. The molecule has 0 heterocycles. The van der Waals surface area contributed by atoms with E-state index >= 15 is 0 Å². The summed E-state index contributed by atoms with van der Waals surface area (Å²) in [4.78, 5) is 11.9. The molecule has 0 saturated heterocycles. The summed E-state index contributed by atoms with van der Waals surface area (Å²) in [6, 6.07) is 0. The molecule has 1 fully saturated rings. The molecule has 0 aromatic heterocycles. The highest BCUT2D eigenvalue weighted by Crippen LogP contribution is 2.27. The zero-order chi connectivity index (χ0) is 13.4. The predicted octanol–water partition coefficient (Wildman–Crippen LogP) is 2.69. The maximum Gasteiger partial charge on any atom is 0.222 e. The number of carbonyl (C=O) groups is 1. The molecule has 0 aliphatic heterocycles. The van der Waals surface area contributed by atoms with Crippen LogP contribution in [0.3, 0.4) is 0 Å². The van der Waals surface area contributed by atoms with Crippen LogP contribution in [0.1, 0.15) is 58.8 Å². The van der Waals surface area contributed by atoms with Crippen molar-refractivity contribution in [2.75, 3.05) is 13.1 Å². The van der Waals surface area contributed by atoms with Gasteiger partial charge in [0.15, 0.2) is 0 Å². The second kappa shape index (κ2) is 8.52. The number of nitrogens with two attached hydrogens (primary N) is 1. The Kier molecular flexibility index (Phi) is 7.33. The second-order valence-electron chi connectivity index (χ2n) is 5.91. The minimum Gasteiger partial charge on any atom is -0.356 e. The number of amides is 1. The number of carbonyl (C=O) groups excluding carboxylic acids is 1. The SMILES string of the molecule is CCCCC(C)C(=O)NCC1CCC(CN)CC1. The molecule has 3 nitrogen and oxygen atoms in total. The van der Waals surface area contributed by atoms with Gasteiger partial charge in [-0.05, 0) is 50.5 Å². The minimum absolute atomic E-state index is 0.172. The highest BCUT2D eigenvalue weighted by molar-refractivity contribution is 5.78. The highest BCUT2D eigenvalue weighted by atomic mass is 16.1. The van der Waals surface area contributed by atoms with Crippen molar-refractivity contribution < 1.29 is 4.79 Å². The van der Waals surface area contributed by atoms with Crippen LogP contribution >= 0.6 is 0 Å². The van der Waals surface area contributed by atoms with Crippen molar-refractivity contribution in [3.63, 3.8) is 0 Å². The maximum atomic E-state index is 11.9. The molecule has 3 heteroatoms. The molecular formula is C15H30N2O. The summed E-state index contributed by atoms with van der Waals surface area (Å²) in [6.45, 7) is 5.90. The molecule has 1 saturated carbocycles. The molecule has 1 aliphatic carbocycles. The first-order valence-corrected chi connectivity index (χ1v) is 7.65. The summed E-state index contributed by atoms with van der Waals surface area (Å²) in [5, 5.41) is 3.12. The van der Waals surface area contributed by atoms with E-state index in [9.17, 15) is 4.79 Å². The van der Waals surface area contributed by atoms with Gasteiger partial charge in [-0.2, -0.15) is 0 Å². The number of unbranched alkanes of at least 4 members (excludes halogenated alkanes) is 1. The molecule has 106 valence electrons. The summed E-state index contributed by atoms with van der Waals surface area (Å²) < 4.78 is 0. The van der Waals surface area contributed by atoms with Gasteiger partial charge in [-0.3, -0.25) is 4.79 Å². The molecule has 1 unspecified atom stereocenters. The van der Waals surface area contributed by atoms with Crippen molar-refractivity contribution in [3.05, 3.63) is 0 Å². The van der Waals surface area contributed by atoms with Crippen LogP contribution in [0.5, 0.6) is 0 Å². The van der Waals surface area contributed by atoms with E-state index in [1.54, 1.807) is 0 Å². The van der Waals surface area contributed by atoms with Gasteiger partial charge in [0.05, 0.1) is 0 Å². The van der Waals surface area contributed by atoms with E-state index in [0.29, 0.717) is 5.92 Å². The highest BCUT2D eigenvalue weighted by Gasteiger charge is 2.21. The Morgan fingerprint density at radius 2 is 1.89 bits per heavy atom. The molecule has 0 aromatic carbocycles. The van der Waals surface area contributed by atoms with Crippen LogP contribution in [0.25, 0.3) is 0 Å². The first kappa shape index (κ1) is 15.5. The lowest BCUT2D eigenvalue weighted by atomic mass is 9.82. The molecule has 3 N–H and O–H groups in total. The minimum atomic E-state index is 0.172. The third kappa shape index (κ3) is 5.38. The second-order valence-corrected chi connectivity index (χ2v) is 5.91. The molecule has 18 heavy (non-hydrogen) atoms. The summed E-state index contributed by atoms with van der Waals surface area (Å²) >= 11 is 0. The fourth-order valence-electron chi connectivity index (χ4n) is 2.73. The Morgan fingerprint density at radius 1 is 1.28 bits per heavy atom. The third-order valence-electron chi connectivity index (χ3n) is 4.30. The quantitative estimate of drug-likeness (QED) is 0.734. The van der Waals surface area contributed by atoms with E-state index in [0.717, 1.165) is 31.8 Å². The van der Waals surface area contributed by atoms with Crippen LogP contribution in [-0.2, 0) is 4.79 Å². The van der Waals surface area contributed by atoms with E-state index in [1.807, 2.05) is 6.92 Å². The lowest BCUT2D eigenvalue weighted by Gasteiger charge is -2.28. The topological polar surface area (TPSA) is 55.1 Å². The molecule has 0 spiro atoms. The predicted molar refractivity (Wildman–Crippen MR) is 76.2 cm³/mol. The van der Waals surface area contributed by atoms with Gasteiger partial charge in [0, 0.05) is 12.5 Å². The van der Waals surface area contributed by atoms with E-state index in [4.69, 9.17) is 5.73 Å². The average Bonchev–Trinajstić information content (AvgIpc) is 2.42. The normalized spacial score (nSPS) is 25.7. The third-order valence-corrected chi connectivity index (χ3v) is 4.30. The number of hydrogen-bond donors (Lipinski definition) is 2. The first-order valence-electron chi connectivity index (χ1n) is 7.65. The van der Waals surface area contributed by atoms with Gasteiger partial charge in [0.2, 0.25) is 5.91 Å². The van der Waals surface area contributed by atoms with E-state index < -0.39 is 0 Å². The van der Waals surface area contributed by atoms with Gasteiger partial charge in [0.25, 0.3) is 0 Å². The van der Waals surface area contributed by atoms with Crippen LogP contribution in [0, 0.1) is 17.8 Å². The molecule has 0 bridgehead atoms. The summed E-state index contributed by atoms with van der Waals surface area (Å²) in [5.74, 6) is 1.81. The molecule has 0 radical (unpaired) electrons. The molecule has 1 rings (SSSR count). The zero-order valence-corrected chi connectivity index (χ0v) is 12.1. The Morgan fingerprint density at radius 3 is 2.44 bits per heavy atom. The maximum absolute atomic E-state index is 11.9. The van der Waals surface area contributed by atoms with Gasteiger partial charge in [0.1, 0.15) is 0 Å². The molecular weight excluding hydrogens is 224 g/mol. The summed E-state index contributed by atoms with van der Waals surface area (Å²) in [7, 11) is 0. The van der Waals surface area contributed by atoms with Crippen molar-refractivity contribution >= 4 is 5.91 Å². The van der Waals surface area contributed by atoms with Gasteiger partial charge >= 0.3 is 0 Å². The van der Waals surface area contributed by atoms with Gasteiger partial charge in [-0.25, -0.2) is 0 Å². The van der Waals surface area contributed by atoms with Gasteiger partial charge in [-0.15, -0.1) is 0 Å². The Balaban J connectivity index is 2.15. The van der Waals surface area contributed by atoms with Gasteiger partial charge in [-0.1, -0.05) is 26.7 Å². The number of rotatable bonds is 7. The van der Waals surface area contributed by atoms with Crippen LogP contribution in [0.15, 0.2) is 0 Å². The van der Waals surface area contributed by atoms with E-state index in [-0.39, 0.29) is 11.8 Å². The Labute approximate surface area is 112 Å². The molecule has 1 atom stereocenters. The van der Waals surface area contributed by atoms with E-state index in [1.165, 1.54) is 32.1 Å². The average molecular weight is 254 g/mol. The molecule has 0 aromatic rings. The van der Waals surface area contributed by atoms with Crippen molar-refractivity contribution in [2.45, 2.75) is 58.8 Å². The van der Waals surface area contributed by atoms with Crippen molar-refractivity contribution in [1.82, 2.24) is 5.32 Å². The van der Waals surface area contributed by atoms with Crippen LogP contribution in [0.2, 0.25) is 0 Å². The number of hydrogen-bond acceptors (Lipinski definition) is 2. The Bertz CT molecular complexity index is 235. The van der Waals surface area contributed by atoms with Crippen molar-refractivity contribution in [3.8, 4) is 0 Å².